The Morgan fingerprint density at radius 2 is 1.61 bits per heavy atom. The van der Waals surface area contributed by atoms with Gasteiger partial charge in [0.05, 0.1) is 5.92 Å². The Labute approximate surface area is 195 Å². The average Bonchev–Trinajstić information content (AvgIpc) is 2.86. The minimum atomic E-state index is -0.680. The molecule has 1 unspecified atom stereocenters. The first-order chi connectivity index (χ1) is 16.2. The normalized spacial score (nSPS) is 16.7. The van der Waals surface area contributed by atoms with E-state index in [4.69, 9.17) is 4.84 Å². The molecule has 1 atom stereocenters. The molecule has 1 aliphatic rings. The highest BCUT2D eigenvalue weighted by molar-refractivity contribution is 5.70. The molecule has 0 spiro atoms. The highest BCUT2D eigenvalue weighted by Gasteiger charge is 2.25. The highest BCUT2D eigenvalue weighted by atomic mass is 16.6. The van der Waals surface area contributed by atoms with Gasteiger partial charge in [-0.2, -0.15) is 0 Å². The fourth-order valence-corrected chi connectivity index (χ4v) is 4.17. The van der Waals surface area contributed by atoms with Gasteiger partial charge in [0, 0.05) is 25.7 Å². The molecule has 1 aliphatic heterocycles. The number of likely N-dealkylation sites (tertiary alicyclic amines) is 1. The van der Waals surface area contributed by atoms with Gasteiger partial charge in [0.15, 0.2) is 0 Å². The average molecular weight is 443 g/mol. The minimum Gasteiger partial charge on any atom is -0.481 e. The third kappa shape index (κ3) is 6.77. The second-order valence-electron chi connectivity index (χ2n) is 8.56. The lowest BCUT2D eigenvalue weighted by molar-refractivity contribution is -0.143. The lowest BCUT2D eigenvalue weighted by atomic mass is 9.98. The third-order valence-electron chi connectivity index (χ3n) is 6.05. The summed E-state index contributed by atoms with van der Waals surface area (Å²) in [6, 6.07) is 27.1. The van der Waals surface area contributed by atoms with E-state index in [0.29, 0.717) is 19.6 Å². The Balaban J connectivity index is 1.19. The van der Waals surface area contributed by atoms with Gasteiger partial charge in [-0.05, 0) is 47.2 Å². The van der Waals surface area contributed by atoms with E-state index in [9.17, 15) is 9.90 Å². The van der Waals surface area contributed by atoms with E-state index in [0.717, 1.165) is 31.5 Å². The summed E-state index contributed by atoms with van der Waals surface area (Å²) in [4.78, 5) is 18.9. The van der Waals surface area contributed by atoms with Crippen molar-refractivity contribution in [1.82, 2.24) is 4.90 Å². The monoisotopic (exact) mass is 442 g/mol. The summed E-state index contributed by atoms with van der Waals surface area (Å²) in [7, 11) is 0. The van der Waals surface area contributed by atoms with Gasteiger partial charge in [-0.15, -0.1) is 0 Å². The molecule has 33 heavy (non-hydrogen) atoms. The number of hydrogen-bond donors (Lipinski definition) is 1. The van der Waals surface area contributed by atoms with Crippen LogP contribution in [0.5, 0.6) is 0 Å². The van der Waals surface area contributed by atoms with Crippen LogP contribution in [0.2, 0.25) is 0 Å². The molecule has 0 amide bonds. The largest absolute Gasteiger partial charge is 0.481 e. The van der Waals surface area contributed by atoms with Crippen LogP contribution >= 0.6 is 0 Å². The van der Waals surface area contributed by atoms with E-state index in [-0.39, 0.29) is 5.92 Å². The first kappa shape index (κ1) is 22.7. The van der Waals surface area contributed by atoms with Crippen molar-refractivity contribution in [3.05, 3.63) is 95.6 Å². The standard InChI is InChI=1S/C28H30N2O3/c31-28(32)27-7-4-18-30(20-27)19-23-10-8-22(9-11-23)16-17-29-33-21-24-12-14-26(15-13-24)25-5-2-1-3-6-25/h1-3,5-6,8-15,17,27H,4,7,16,18-21H2,(H,31,32). The minimum absolute atomic E-state index is 0.240. The zero-order valence-electron chi connectivity index (χ0n) is 18.8. The zero-order valence-corrected chi connectivity index (χ0v) is 18.8. The SMILES string of the molecule is O=C(O)C1CCCN(Cc2ccc(CC=NOCc3ccc(-c4ccccc4)cc3)cc2)C1. The van der Waals surface area contributed by atoms with Crippen LogP contribution in [0.15, 0.2) is 84.0 Å². The molecule has 1 saturated heterocycles. The van der Waals surface area contributed by atoms with Crippen LogP contribution in [0.25, 0.3) is 11.1 Å². The predicted octanol–water partition coefficient (Wildman–Crippen LogP) is 5.40. The summed E-state index contributed by atoms with van der Waals surface area (Å²) < 4.78 is 0. The second-order valence-corrected chi connectivity index (χ2v) is 8.56. The van der Waals surface area contributed by atoms with E-state index in [1.807, 2.05) is 18.2 Å². The van der Waals surface area contributed by atoms with Gasteiger partial charge in [-0.1, -0.05) is 84.0 Å². The van der Waals surface area contributed by atoms with Crippen molar-refractivity contribution in [2.24, 2.45) is 11.1 Å². The number of carboxylic acids is 1. The summed E-state index contributed by atoms with van der Waals surface area (Å²) in [5.41, 5.74) is 5.85. The van der Waals surface area contributed by atoms with Crippen molar-refractivity contribution in [1.29, 1.82) is 0 Å². The molecule has 0 bridgehead atoms. The number of benzene rings is 3. The van der Waals surface area contributed by atoms with E-state index in [1.54, 1.807) is 6.21 Å². The molecular weight excluding hydrogens is 412 g/mol. The predicted molar refractivity (Wildman–Crippen MR) is 131 cm³/mol. The summed E-state index contributed by atoms with van der Waals surface area (Å²) in [6.45, 7) is 2.84. The van der Waals surface area contributed by atoms with Crippen molar-refractivity contribution < 1.29 is 14.7 Å². The Kier molecular flexibility index (Phi) is 7.88. The Hall–Kier alpha value is -3.44. The molecule has 1 heterocycles. The van der Waals surface area contributed by atoms with Crippen LogP contribution in [-0.2, 0) is 29.2 Å². The van der Waals surface area contributed by atoms with Gasteiger partial charge in [0.2, 0.25) is 0 Å². The van der Waals surface area contributed by atoms with Gasteiger partial charge < -0.3 is 9.94 Å². The van der Waals surface area contributed by atoms with Crippen LogP contribution in [0, 0.1) is 5.92 Å². The highest BCUT2D eigenvalue weighted by Crippen LogP contribution is 2.20. The molecule has 3 aromatic carbocycles. The molecule has 0 radical (unpaired) electrons. The van der Waals surface area contributed by atoms with Gasteiger partial charge >= 0.3 is 5.97 Å². The molecule has 5 nitrogen and oxygen atoms in total. The smallest absolute Gasteiger partial charge is 0.307 e. The fraction of sp³-hybridized carbons (Fsp3) is 0.286. The molecule has 3 aromatic rings. The number of aliphatic carboxylic acids is 1. The maximum absolute atomic E-state index is 11.2. The summed E-state index contributed by atoms with van der Waals surface area (Å²) in [6.07, 6.45) is 4.22. The number of nitrogens with zero attached hydrogens (tertiary/aromatic N) is 2. The zero-order chi connectivity index (χ0) is 22.9. The number of carbonyl (C=O) groups is 1. The number of rotatable bonds is 9. The van der Waals surface area contributed by atoms with Crippen molar-refractivity contribution in [3.8, 4) is 11.1 Å². The quantitative estimate of drug-likeness (QED) is 0.356. The molecular formula is C28H30N2O3. The van der Waals surface area contributed by atoms with Gasteiger partial charge in [-0.25, -0.2) is 0 Å². The molecule has 1 N–H and O–H groups in total. The second kappa shape index (κ2) is 11.4. The van der Waals surface area contributed by atoms with E-state index < -0.39 is 5.97 Å². The van der Waals surface area contributed by atoms with Crippen molar-refractivity contribution in [3.63, 3.8) is 0 Å². The Morgan fingerprint density at radius 1 is 0.939 bits per heavy atom. The van der Waals surface area contributed by atoms with Crippen molar-refractivity contribution >= 4 is 12.2 Å². The van der Waals surface area contributed by atoms with Crippen LogP contribution in [-0.4, -0.2) is 35.3 Å². The molecule has 5 heteroatoms. The van der Waals surface area contributed by atoms with Crippen molar-refractivity contribution in [2.45, 2.75) is 32.4 Å². The summed E-state index contributed by atoms with van der Waals surface area (Å²) in [5, 5.41) is 13.3. The van der Waals surface area contributed by atoms with Crippen LogP contribution < -0.4 is 0 Å². The maximum Gasteiger partial charge on any atom is 0.307 e. The lowest BCUT2D eigenvalue weighted by Crippen LogP contribution is -2.38. The van der Waals surface area contributed by atoms with E-state index >= 15 is 0 Å². The summed E-state index contributed by atoms with van der Waals surface area (Å²) >= 11 is 0. The first-order valence-electron chi connectivity index (χ1n) is 11.5. The molecule has 170 valence electrons. The molecule has 4 rings (SSSR count). The molecule has 0 aromatic heterocycles. The number of hydrogen-bond acceptors (Lipinski definition) is 4. The molecule has 1 fully saturated rings. The van der Waals surface area contributed by atoms with E-state index in [1.165, 1.54) is 22.3 Å². The number of oxime groups is 1. The van der Waals surface area contributed by atoms with Crippen LogP contribution in [0.3, 0.4) is 0 Å². The topological polar surface area (TPSA) is 62.1 Å². The number of piperidine rings is 1. The Morgan fingerprint density at radius 3 is 2.33 bits per heavy atom. The van der Waals surface area contributed by atoms with E-state index in [2.05, 4.69) is 70.7 Å². The summed E-state index contributed by atoms with van der Waals surface area (Å²) in [5.74, 6) is -0.920. The van der Waals surface area contributed by atoms with Gasteiger partial charge in [0.1, 0.15) is 6.61 Å². The van der Waals surface area contributed by atoms with Crippen LogP contribution in [0.4, 0.5) is 0 Å². The molecule has 0 saturated carbocycles. The molecule has 0 aliphatic carbocycles. The lowest BCUT2D eigenvalue weighted by Gasteiger charge is -2.30. The van der Waals surface area contributed by atoms with Gasteiger partial charge in [0.25, 0.3) is 0 Å². The number of carboxylic acid groups (broad SMARTS) is 1. The first-order valence-corrected chi connectivity index (χ1v) is 11.5. The third-order valence-corrected chi connectivity index (χ3v) is 6.05. The van der Waals surface area contributed by atoms with Crippen molar-refractivity contribution in [2.75, 3.05) is 13.1 Å². The fourth-order valence-electron chi connectivity index (χ4n) is 4.17. The Bertz CT molecular complexity index is 1050. The van der Waals surface area contributed by atoms with Gasteiger partial charge in [-0.3, -0.25) is 9.69 Å². The maximum atomic E-state index is 11.2. The van der Waals surface area contributed by atoms with Crippen LogP contribution in [0.1, 0.15) is 29.5 Å².